The Morgan fingerprint density at radius 3 is 2.71 bits per heavy atom. The standard InChI is InChI=1S/C16H18N2O5S/c1-9-13(10(2)23-18-9)7-24-8-15(19)17-11-4-5-12(16(20)21)14(6-11)22-3/h4-6H,7-8H2,1-3H3,(H,17,19)(H,20,21). The van der Waals surface area contributed by atoms with Gasteiger partial charge in [-0.15, -0.1) is 11.8 Å². The summed E-state index contributed by atoms with van der Waals surface area (Å²) in [6.07, 6.45) is 0. The highest BCUT2D eigenvalue weighted by Crippen LogP contribution is 2.24. The van der Waals surface area contributed by atoms with Crippen molar-refractivity contribution in [1.82, 2.24) is 5.16 Å². The maximum absolute atomic E-state index is 12.0. The number of carbonyl (C=O) groups excluding carboxylic acids is 1. The molecule has 128 valence electrons. The van der Waals surface area contributed by atoms with Crippen molar-refractivity contribution in [3.63, 3.8) is 0 Å². The van der Waals surface area contributed by atoms with Gasteiger partial charge in [-0.25, -0.2) is 4.79 Å². The zero-order valence-electron chi connectivity index (χ0n) is 13.6. The average Bonchev–Trinajstić information content (AvgIpc) is 2.86. The van der Waals surface area contributed by atoms with E-state index in [9.17, 15) is 9.59 Å². The normalized spacial score (nSPS) is 10.5. The van der Waals surface area contributed by atoms with Crippen LogP contribution in [0, 0.1) is 13.8 Å². The van der Waals surface area contributed by atoms with Crippen LogP contribution in [-0.2, 0) is 10.5 Å². The van der Waals surface area contributed by atoms with Gasteiger partial charge in [-0.1, -0.05) is 5.16 Å². The molecular formula is C16H18N2O5S. The molecule has 7 nitrogen and oxygen atoms in total. The van der Waals surface area contributed by atoms with Crippen LogP contribution < -0.4 is 10.1 Å². The Kier molecular flexibility index (Phi) is 5.86. The van der Waals surface area contributed by atoms with Gasteiger partial charge in [-0.3, -0.25) is 4.79 Å². The van der Waals surface area contributed by atoms with Crippen LogP contribution in [0.2, 0.25) is 0 Å². The molecule has 0 bridgehead atoms. The Hall–Kier alpha value is -2.48. The first-order valence-corrected chi connectivity index (χ1v) is 8.28. The molecule has 0 spiro atoms. The molecule has 1 heterocycles. The van der Waals surface area contributed by atoms with Crippen LogP contribution in [0.25, 0.3) is 0 Å². The predicted octanol–water partition coefficient (Wildman–Crippen LogP) is 2.87. The first-order valence-electron chi connectivity index (χ1n) is 7.13. The molecule has 2 N–H and O–H groups in total. The third-order valence-electron chi connectivity index (χ3n) is 3.38. The van der Waals surface area contributed by atoms with E-state index < -0.39 is 5.97 Å². The van der Waals surface area contributed by atoms with Crippen LogP contribution in [-0.4, -0.2) is 35.0 Å². The highest BCUT2D eigenvalue weighted by molar-refractivity contribution is 7.99. The molecule has 0 fully saturated rings. The number of benzene rings is 1. The zero-order chi connectivity index (χ0) is 17.7. The molecule has 1 aromatic heterocycles. The van der Waals surface area contributed by atoms with Crippen molar-refractivity contribution in [2.75, 3.05) is 18.2 Å². The Balaban J connectivity index is 1.91. The number of amides is 1. The fraction of sp³-hybridized carbons (Fsp3) is 0.312. The number of nitrogens with zero attached hydrogens (tertiary/aromatic N) is 1. The number of aromatic carboxylic acids is 1. The molecule has 2 rings (SSSR count). The number of nitrogens with one attached hydrogen (secondary N) is 1. The van der Waals surface area contributed by atoms with Crippen LogP contribution in [0.5, 0.6) is 5.75 Å². The van der Waals surface area contributed by atoms with Crippen molar-refractivity contribution in [2.45, 2.75) is 19.6 Å². The van der Waals surface area contributed by atoms with E-state index in [2.05, 4.69) is 10.5 Å². The summed E-state index contributed by atoms with van der Waals surface area (Å²) in [6, 6.07) is 4.41. The van der Waals surface area contributed by atoms with E-state index in [1.165, 1.54) is 37.1 Å². The minimum Gasteiger partial charge on any atom is -0.496 e. The second-order valence-corrected chi connectivity index (χ2v) is 6.05. The SMILES string of the molecule is COc1cc(NC(=O)CSCc2c(C)noc2C)ccc1C(=O)O. The largest absolute Gasteiger partial charge is 0.496 e. The third-order valence-corrected chi connectivity index (χ3v) is 4.34. The van der Waals surface area contributed by atoms with Crippen LogP contribution in [0.1, 0.15) is 27.4 Å². The molecule has 24 heavy (non-hydrogen) atoms. The van der Waals surface area contributed by atoms with E-state index in [1.807, 2.05) is 13.8 Å². The molecule has 0 saturated heterocycles. The van der Waals surface area contributed by atoms with Crippen molar-refractivity contribution in [3.8, 4) is 5.75 Å². The maximum Gasteiger partial charge on any atom is 0.339 e. The second kappa shape index (κ2) is 7.87. The van der Waals surface area contributed by atoms with Gasteiger partial charge in [-0.2, -0.15) is 0 Å². The van der Waals surface area contributed by atoms with Crippen LogP contribution in [0.4, 0.5) is 5.69 Å². The fourth-order valence-electron chi connectivity index (χ4n) is 2.10. The van der Waals surface area contributed by atoms with Gasteiger partial charge in [0.05, 0.1) is 18.6 Å². The molecule has 8 heteroatoms. The number of carboxylic acids is 1. The number of ether oxygens (including phenoxy) is 1. The van der Waals surface area contributed by atoms with Crippen molar-refractivity contribution >= 4 is 29.3 Å². The van der Waals surface area contributed by atoms with Crippen LogP contribution in [0.15, 0.2) is 22.7 Å². The van der Waals surface area contributed by atoms with E-state index in [0.29, 0.717) is 11.4 Å². The maximum atomic E-state index is 12.0. The number of aromatic nitrogens is 1. The molecule has 0 aliphatic carbocycles. The number of methoxy groups -OCH3 is 1. The minimum absolute atomic E-state index is 0.0447. The fourth-order valence-corrected chi connectivity index (χ4v) is 3.07. The molecule has 0 unspecified atom stereocenters. The Morgan fingerprint density at radius 1 is 1.38 bits per heavy atom. The van der Waals surface area contributed by atoms with Gasteiger partial charge in [-0.05, 0) is 26.0 Å². The number of thioether (sulfide) groups is 1. The summed E-state index contributed by atoms with van der Waals surface area (Å²) >= 11 is 1.45. The number of carboxylic acid groups (broad SMARTS) is 1. The van der Waals surface area contributed by atoms with E-state index in [1.54, 1.807) is 0 Å². The highest BCUT2D eigenvalue weighted by atomic mass is 32.2. The quantitative estimate of drug-likeness (QED) is 0.791. The molecule has 0 radical (unpaired) electrons. The molecule has 2 aromatic rings. The zero-order valence-corrected chi connectivity index (χ0v) is 14.4. The van der Waals surface area contributed by atoms with E-state index in [0.717, 1.165) is 17.0 Å². The summed E-state index contributed by atoms with van der Waals surface area (Å²) < 4.78 is 10.1. The van der Waals surface area contributed by atoms with E-state index >= 15 is 0 Å². The molecular weight excluding hydrogens is 332 g/mol. The lowest BCUT2D eigenvalue weighted by molar-refractivity contribution is -0.113. The van der Waals surface area contributed by atoms with E-state index in [-0.39, 0.29) is 23.0 Å². The Labute approximate surface area is 143 Å². The number of aryl methyl sites for hydroxylation is 2. The number of hydrogen-bond donors (Lipinski definition) is 2. The summed E-state index contributed by atoms with van der Waals surface area (Å²) in [5, 5.41) is 15.6. The van der Waals surface area contributed by atoms with Crippen molar-refractivity contribution < 1.29 is 24.0 Å². The summed E-state index contributed by atoms with van der Waals surface area (Å²) in [4.78, 5) is 23.0. The molecule has 0 aliphatic rings. The number of carbonyl (C=O) groups is 2. The van der Waals surface area contributed by atoms with Gasteiger partial charge in [0.25, 0.3) is 0 Å². The lowest BCUT2D eigenvalue weighted by atomic mass is 10.2. The summed E-state index contributed by atoms with van der Waals surface area (Å²) in [6.45, 7) is 3.70. The molecule has 1 amide bonds. The Morgan fingerprint density at radius 2 is 2.12 bits per heavy atom. The van der Waals surface area contributed by atoms with Gasteiger partial charge in [0.15, 0.2) is 0 Å². The summed E-state index contributed by atoms with van der Waals surface area (Å²) in [7, 11) is 1.38. The highest BCUT2D eigenvalue weighted by Gasteiger charge is 2.13. The average molecular weight is 350 g/mol. The number of hydrogen-bond acceptors (Lipinski definition) is 6. The smallest absolute Gasteiger partial charge is 0.339 e. The topological polar surface area (TPSA) is 102 Å². The minimum atomic E-state index is -1.08. The van der Waals surface area contributed by atoms with Crippen molar-refractivity contribution in [1.29, 1.82) is 0 Å². The molecule has 0 atom stereocenters. The Bertz CT molecular complexity index is 737. The first kappa shape index (κ1) is 17.9. The third kappa shape index (κ3) is 4.29. The number of anilines is 1. The first-order chi connectivity index (χ1) is 11.4. The van der Waals surface area contributed by atoms with Crippen molar-refractivity contribution in [2.24, 2.45) is 0 Å². The summed E-state index contributed by atoms with van der Waals surface area (Å²) in [5.41, 5.74) is 2.36. The predicted molar refractivity (Wildman–Crippen MR) is 90.7 cm³/mol. The second-order valence-electron chi connectivity index (χ2n) is 5.06. The lowest BCUT2D eigenvalue weighted by Gasteiger charge is -2.09. The monoisotopic (exact) mass is 350 g/mol. The van der Waals surface area contributed by atoms with Crippen LogP contribution in [0.3, 0.4) is 0 Å². The van der Waals surface area contributed by atoms with Crippen molar-refractivity contribution in [3.05, 3.63) is 40.8 Å². The van der Waals surface area contributed by atoms with Gasteiger partial charge >= 0.3 is 5.97 Å². The lowest BCUT2D eigenvalue weighted by Crippen LogP contribution is -2.14. The van der Waals surface area contributed by atoms with Gasteiger partial charge < -0.3 is 19.7 Å². The summed E-state index contributed by atoms with van der Waals surface area (Å²) in [5.74, 6) is 0.581. The molecule has 1 aromatic carbocycles. The number of rotatable bonds is 7. The van der Waals surface area contributed by atoms with Gasteiger partial charge in [0.1, 0.15) is 17.1 Å². The molecule has 0 aliphatic heterocycles. The van der Waals surface area contributed by atoms with Crippen LogP contribution >= 0.6 is 11.8 Å². The van der Waals surface area contributed by atoms with Gasteiger partial charge in [0, 0.05) is 23.1 Å². The van der Waals surface area contributed by atoms with E-state index in [4.69, 9.17) is 14.4 Å². The molecule has 0 saturated carbocycles. The van der Waals surface area contributed by atoms with Gasteiger partial charge in [0.2, 0.25) is 5.91 Å².